The zero-order valence-corrected chi connectivity index (χ0v) is 16.7. The Labute approximate surface area is 161 Å². The van der Waals surface area contributed by atoms with Gasteiger partial charge in [-0.05, 0) is 18.6 Å². The summed E-state index contributed by atoms with van der Waals surface area (Å²) in [6, 6.07) is 8.14. The molecule has 3 rings (SSSR count). The van der Waals surface area contributed by atoms with Crippen molar-refractivity contribution in [3.8, 4) is 0 Å². The molecule has 2 saturated heterocycles. The highest BCUT2D eigenvalue weighted by molar-refractivity contribution is 7.88. The maximum absolute atomic E-state index is 12.4. The molecule has 1 N–H and O–H groups in total. The van der Waals surface area contributed by atoms with Gasteiger partial charge in [0.1, 0.15) is 0 Å². The number of benzene rings is 1. The molecule has 2 heterocycles. The number of piperazine rings is 1. The van der Waals surface area contributed by atoms with Crippen LogP contribution >= 0.6 is 0 Å². The lowest BCUT2D eigenvalue weighted by Gasteiger charge is -2.37. The number of hydrogen-bond donors (Lipinski definition) is 1. The number of nitrogens with one attached hydrogen (secondary N) is 1. The van der Waals surface area contributed by atoms with E-state index in [2.05, 4.69) is 29.3 Å². The van der Waals surface area contributed by atoms with Crippen molar-refractivity contribution in [3.05, 3.63) is 29.8 Å². The van der Waals surface area contributed by atoms with Gasteiger partial charge in [-0.1, -0.05) is 18.2 Å². The second-order valence-corrected chi connectivity index (χ2v) is 9.04. The number of carbonyl (C=O) groups excluding carboxylic acids is 1. The number of anilines is 1. The first-order valence-electron chi connectivity index (χ1n) is 9.24. The van der Waals surface area contributed by atoms with Gasteiger partial charge in [-0.15, -0.1) is 0 Å². The Morgan fingerprint density at radius 3 is 2.56 bits per heavy atom. The fourth-order valence-corrected chi connectivity index (χ4v) is 4.34. The van der Waals surface area contributed by atoms with E-state index in [-0.39, 0.29) is 18.7 Å². The Balaban J connectivity index is 1.45. The van der Waals surface area contributed by atoms with Crippen molar-refractivity contribution in [3.63, 3.8) is 0 Å². The molecule has 1 unspecified atom stereocenters. The van der Waals surface area contributed by atoms with Crippen LogP contribution in [0.4, 0.5) is 10.5 Å². The van der Waals surface area contributed by atoms with E-state index in [1.54, 1.807) is 4.90 Å². The van der Waals surface area contributed by atoms with Crippen molar-refractivity contribution < 1.29 is 17.9 Å². The van der Waals surface area contributed by atoms with Gasteiger partial charge in [0.2, 0.25) is 10.0 Å². The molecule has 0 saturated carbocycles. The molecule has 0 aliphatic carbocycles. The summed E-state index contributed by atoms with van der Waals surface area (Å²) in [6.07, 6.45) is 0.882. The van der Waals surface area contributed by atoms with Crippen molar-refractivity contribution >= 4 is 21.7 Å². The molecule has 1 aromatic carbocycles. The summed E-state index contributed by atoms with van der Waals surface area (Å²) in [4.78, 5) is 16.5. The lowest BCUT2D eigenvalue weighted by atomic mass is 10.1. The summed E-state index contributed by atoms with van der Waals surface area (Å²) in [5.41, 5.74) is 2.45. The van der Waals surface area contributed by atoms with Gasteiger partial charge >= 0.3 is 6.03 Å². The Bertz CT molecular complexity index is 762. The minimum Gasteiger partial charge on any atom is -0.374 e. The number of hydrogen-bond acceptors (Lipinski definition) is 5. The van der Waals surface area contributed by atoms with Gasteiger partial charge in [0.05, 0.1) is 19.0 Å². The maximum atomic E-state index is 12.4. The Kier molecular flexibility index (Phi) is 6.23. The van der Waals surface area contributed by atoms with Crippen molar-refractivity contribution in [1.82, 2.24) is 14.5 Å². The zero-order valence-electron chi connectivity index (χ0n) is 15.9. The highest BCUT2D eigenvalue weighted by atomic mass is 32.2. The van der Waals surface area contributed by atoms with Crippen molar-refractivity contribution in [2.24, 2.45) is 0 Å². The van der Waals surface area contributed by atoms with E-state index in [1.165, 1.54) is 21.8 Å². The molecule has 2 fully saturated rings. The van der Waals surface area contributed by atoms with Gasteiger partial charge in [-0.25, -0.2) is 13.2 Å². The van der Waals surface area contributed by atoms with Gasteiger partial charge in [0.15, 0.2) is 0 Å². The maximum Gasteiger partial charge on any atom is 0.317 e. The average molecular weight is 397 g/mol. The molecule has 150 valence electrons. The third-order valence-corrected chi connectivity index (χ3v) is 6.34. The van der Waals surface area contributed by atoms with Crippen LogP contribution in [0.1, 0.15) is 5.56 Å². The number of para-hydroxylation sites is 1. The predicted octanol–water partition coefficient (Wildman–Crippen LogP) is 0.487. The largest absolute Gasteiger partial charge is 0.374 e. The first-order valence-corrected chi connectivity index (χ1v) is 11.1. The van der Waals surface area contributed by atoms with E-state index in [0.29, 0.717) is 32.8 Å². The molecule has 2 amide bonds. The Morgan fingerprint density at radius 2 is 1.89 bits per heavy atom. The van der Waals surface area contributed by atoms with E-state index in [9.17, 15) is 13.2 Å². The molecule has 1 aromatic rings. The minimum atomic E-state index is -3.23. The van der Waals surface area contributed by atoms with E-state index >= 15 is 0 Å². The molecule has 0 radical (unpaired) electrons. The van der Waals surface area contributed by atoms with Crippen LogP contribution in [0.2, 0.25) is 0 Å². The number of amides is 2. The van der Waals surface area contributed by atoms with Gasteiger partial charge in [0, 0.05) is 51.5 Å². The highest BCUT2D eigenvalue weighted by Gasteiger charge is 2.28. The number of aryl methyl sites for hydroxylation is 1. The molecule has 0 bridgehead atoms. The molecular weight excluding hydrogens is 368 g/mol. The zero-order chi connectivity index (χ0) is 19.4. The monoisotopic (exact) mass is 396 g/mol. The first kappa shape index (κ1) is 19.9. The van der Waals surface area contributed by atoms with Crippen LogP contribution < -0.4 is 10.2 Å². The number of carbonyl (C=O) groups is 1. The Hall–Kier alpha value is -1.84. The summed E-state index contributed by atoms with van der Waals surface area (Å²) < 4.78 is 30.3. The SMILES string of the molecule is Cc1ccccc1N1CCN(C(=O)NCC2CN(S(C)(=O)=O)CCO2)CC1. The quantitative estimate of drug-likeness (QED) is 0.801. The first-order chi connectivity index (χ1) is 12.8. The van der Waals surface area contributed by atoms with Crippen LogP contribution in [0, 0.1) is 6.92 Å². The van der Waals surface area contributed by atoms with Crippen molar-refractivity contribution in [2.45, 2.75) is 13.0 Å². The molecule has 2 aliphatic heterocycles. The third kappa shape index (κ3) is 5.12. The van der Waals surface area contributed by atoms with Gasteiger partial charge in [-0.2, -0.15) is 4.31 Å². The van der Waals surface area contributed by atoms with Gasteiger partial charge in [-0.3, -0.25) is 0 Å². The second-order valence-electron chi connectivity index (χ2n) is 7.06. The second kappa shape index (κ2) is 8.45. The molecule has 9 heteroatoms. The van der Waals surface area contributed by atoms with Crippen LogP contribution in [0.25, 0.3) is 0 Å². The molecule has 0 spiro atoms. The van der Waals surface area contributed by atoms with Crippen molar-refractivity contribution in [2.75, 3.05) is 63.6 Å². The fourth-order valence-electron chi connectivity index (χ4n) is 3.50. The number of urea groups is 1. The highest BCUT2D eigenvalue weighted by Crippen LogP contribution is 2.20. The average Bonchev–Trinajstić information content (AvgIpc) is 2.66. The van der Waals surface area contributed by atoms with Crippen LogP contribution in [-0.2, 0) is 14.8 Å². The summed E-state index contributed by atoms with van der Waals surface area (Å²) in [5.74, 6) is 0. The smallest absolute Gasteiger partial charge is 0.317 e. The molecule has 2 aliphatic rings. The van der Waals surface area contributed by atoms with Crippen LogP contribution in [0.5, 0.6) is 0 Å². The van der Waals surface area contributed by atoms with E-state index < -0.39 is 10.0 Å². The topological polar surface area (TPSA) is 82.2 Å². The third-order valence-electron chi connectivity index (χ3n) is 5.07. The molecule has 0 aromatic heterocycles. The van der Waals surface area contributed by atoms with Gasteiger partial charge < -0.3 is 19.9 Å². The Morgan fingerprint density at radius 1 is 1.19 bits per heavy atom. The molecule has 8 nitrogen and oxygen atoms in total. The summed E-state index contributed by atoms with van der Waals surface area (Å²) in [7, 11) is -3.23. The van der Waals surface area contributed by atoms with Crippen molar-refractivity contribution in [1.29, 1.82) is 0 Å². The molecule has 27 heavy (non-hydrogen) atoms. The van der Waals surface area contributed by atoms with E-state index in [4.69, 9.17) is 4.74 Å². The number of sulfonamides is 1. The summed E-state index contributed by atoms with van der Waals surface area (Å²) >= 11 is 0. The number of rotatable bonds is 4. The number of morpholine rings is 1. The van der Waals surface area contributed by atoms with Crippen LogP contribution in [0.15, 0.2) is 24.3 Å². The van der Waals surface area contributed by atoms with E-state index in [0.717, 1.165) is 13.1 Å². The standard InChI is InChI=1S/C18H28N4O4S/c1-15-5-3-4-6-17(15)20-7-9-21(10-8-20)18(23)19-13-16-14-22(11-12-26-16)27(2,24)25/h3-6,16H,7-14H2,1-2H3,(H,19,23). The fraction of sp³-hybridized carbons (Fsp3) is 0.611. The van der Waals surface area contributed by atoms with E-state index in [1.807, 2.05) is 12.1 Å². The predicted molar refractivity (Wildman–Crippen MR) is 105 cm³/mol. The lowest BCUT2D eigenvalue weighted by Crippen LogP contribution is -2.54. The number of nitrogens with zero attached hydrogens (tertiary/aromatic N) is 3. The van der Waals surface area contributed by atoms with Crippen LogP contribution in [0.3, 0.4) is 0 Å². The summed E-state index contributed by atoms with van der Waals surface area (Å²) in [5, 5.41) is 2.88. The molecule has 1 atom stereocenters. The van der Waals surface area contributed by atoms with Gasteiger partial charge in [0.25, 0.3) is 0 Å². The molecular formula is C18H28N4O4S. The normalized spacial score (nSPS) is 21.9. The lowest BCUT2D eigenvalue weighted by molar-refractivity contribution is 0.000878. The summed E-state index contributed by atoms with van der Waals surface area (Å²) in [6.45, 7) is 6.29. The minimum absolute atomic E-state index is 0.125. The number of ether oxygens (including phenoxy) is 1. The van der Waals surface area contributed by atoms with Crippen LogP contribution in [-0.4, -0.2) is 88.4 Å².